The Hall–Kier alpha value is -2.59. The standard InChI is InChI=1S/C17H15F3N2O4S/c1-9-12-14(21-16(25)22(15(12)24)7-2-8-23)27-13(9)10-3-5-11(6-4-10)26-17(18,19)20/h3-6,23H,2,7-8H2,1H3,(H,21,25). The second-order valence-electron chi connectivity index (χ2n) is 5.80. The number of nitrogens with one attached hydrogen (secondary N) is 1. The van der Waals surface area contributed by atoms with E-state index in [-0.39, 0.29) is 25.3 Å². The predicted octanol–water partition coefficient (Wildman–Crippen LogP) is 3.01. The number of alkyl halides is 3. The number of hydrogen-bond donors (Lipinski definition) is 2. The Morgan fingerprint density at radius 3 is 2.48 bits per heavy atom. The second-order valence-corrected chi connectivity index (χ2v) is 6.82. The number of aromatic amines is 1. The van der Waals surface area contributed by atoms with Crippen LogP contribution in [-0.4, -0.2) is 27.6 Å². The molecule has 3 rings (SSSR count). The van der Waals surface area contributed by atoms with Crippen molar-refractivity contribution in [2.24, 2.45) is 0 Å². The molecule has 0 bridgehead atoms. The zero-order valence-corrected chi connectivity index (χ0v) is 14.9. The topological polar surface area (TPSA) is 84.3 Å². The molecule has 0 aliphatic rings. The Balaban J connectivity index is 2.06. The summed E-state index contributed by atoms with van der Waals surface area (Å²) in [7, 11) is 0. The van der Waals surface area contributed by atoms with Crippen molar-refractivity contribution in [3.63, 3.8) is 0 Å². The Labute approximate surface area is 154 Å². The van der Waals surface area contributed by atoms with E-state index >= 15 is 0 Å². The van der Waals surface area contributed by atoms with Crippen molar-refractivity contribution in [3.8, 4) is 16.2 Å². The first kappa shape index (κ1) is 19.2. The number of rotatable bonds is 5. The van der Waals surface area contributed by atoms with Crippen molar-refractivity contribution in [2.75, 3.05) is 6.61 Å². The largest absolute Gasteiger partial charge is 0.573 e. The molecule has 6 nitrogen and oxygen atoms in total. The molecular formula is C17H15F3N2O4S. The third kappa shape index (κ3) is 3.91. The number of halogens is 3. The molecule has 0 fully saturated rings. The average molecular weight is 400 g/mol. The molecule has 2 N–H and O–H groups in total. The summed E-state index contributed by atoms with van der Waals surface area (Å²) >= 11 is 1.18. The van der Waals surface area contributed by atoms with Gasteiger partial charge in [-0.3, -0.25) is 14.3 Å². The first-order valence-electron chi connectivity index (χ1n) is 7.94. The van der Waals surface area contributed by atoms with E-state index in [2.05, 4.69) is 9.72 Å². The molecular weight excluding hydrogens is 385 g/mol. The molecule has 0 unspecified atom stereocenters. The molecule has 0 amide bonds. The third-order valence-corrected chi connectivity index (χ3v) is 5.22. The Bertz CT molecular complexity index is 1080. The molecule has 1 aromatic carbocycles. The van der Waals surface area contributed by atoms with E-state index in [4.69, 9.17) is 5.11 Å². The molecule has 0 saturated heterocycles. The number of aryl methyl sites for hydroxylation is 1. The van der Waals surface area contributed by atoms with E-state index in [0.29, 0.717) is 26.2 Å². The van der Waals surface area contributed by atoms with Crippen molar-refractivity contribution in [3.05, 3.63) is 50.7 Å². The number of aromatic nitrogens is 2. The van der Waals surface area contributed by atoms with Crippen LogP contribution in [-0.2, 0) is 6.54 Å². The minimum atomic E-state index is -4.77. The molecule has 0 aliphatic heterocycles. The highest BCUT2D eigenvalue weighted by Gasteiger charge is 2.31. The highest BCUT2D eigenvalue weighted by atomic mass is 32.1. The van der Waals surface area contributed by atoms with E-state index in [1.807, 2.05) is 0 Å². The first-order valence-corrected chi connectivity index (χ1v) is 8.76. The summed E-state index contributed by atoms with van der Waals surface area (Å²) in [5.74, 6) is -0.343. The smallest absolute Gasteiger partial charge is 0.406 e. The lowest BCUT2D eigenvalue weighted by Crippen LogP contribution is -2.35. The van der Waals surface area contributed by atoms with E-state index in [0.717, 1.165) is 4.57 Å². The molecule has 2 heterocycles. The number of nitrogens with zero attached hydrogens (tertiary/aromatic N) is 1. The summed E-state index contributed by atoms with van der Waals surface area (Å²) in [6.07, 6.45) is -4.50. The van der Waals surface area contributed by atoms with Crippen LogP contribution in [0.2, 0.25) is 0 Å². The van der Waals surface area contributed by atoms with E-state index in [1.165, 1.54) is 35.6 Å². The van der Waals surface area contributed by atoms with Gasteiger partial charge in [-0.1, -0.05) is 0 Å². The minimum Gasteiger partial charge on any atom is -0.406 e. The number of benzene rings is 1. The van der Waals surface area contributed by atoms with Gasteiger partial charge in [0.25, 0.3) is 5.56 Å². The van der Waals surface area contributed by atoms with Crippen LogP contribution >= 0.6 is 11.3 Å². The Kier molecular flexibility index (Phi) is 5.11. The van der Waals surface area contributed by atoms with Crippen LogP contribution < -0.4 is 16.0 Å². The van der Waals surface area contributed by atoms with Gasteiger partial charge < -0.3 is 9.84 Å². The van der Waals surface area contributed by atoms with Crippen molar-refractivity contribution in [1.82, 2.24) is 9.55 Å². The maximum atomic E-state index is 12.7. The van der Waals surface area contributed by atoms with Gasteiger partial charge in [-0.15, -0.1) is 24.5 Å². The SMILES string of the molecule is Cc1c(-c2ccc(OC(F)(F)F)cc2)sc2[nH]c(=O)n(CCCO)c(=O)c12. The maximum Gasteiger partial charge on any atom is 0.573 e. The fourth-order valence-corrected chi connectivity index (χ4v) is 3.96. The Morgan fingerprint density at radius 2 is 1.89 bits per heavy atom. The normalized spacial score (nSPS) is 11.9. The van der Waals surface area contributed by atoms with Crippen LogP contribution in [0.5, 0.6) is 5.75 Å². The van der Waals surface area contributed by atoms with Crippen LogP contribution in [0.3, 0.4) is 0 Å². The van der Waals surface area contributed by atoms with Crippen molar-refractivity contribution in [1.29, 1.82) is 0 Å². The van der Waals surface area contributed by atoms with Gasteiger partial charge in [-0.2, -0.15) is 0 Å². The summed E-state index contributed by atoms with van der Waals surface area (Å²) in [5.41, 5.74) is 0.200. The number of aliphatic hydroxyl groups is 1. The van der Waals surface area contributed by atoms with E-state index in [9.17, 15) is 22.8 Å². The zero-order valence-electron chi connectivity index (χ0n) is 14.1. The van der Waals surface area contributed by atoms with Gasteiger partial charge in [0.2, 0.25) is 0 Å². The van der Waals surface area contributed by atoms with Crippen LogP contribution in [0, 0.1) is 6.92 Å². The summed E-state index contributed by atoms with van der Waals surface area (Å²) in [6.45, 7) is 1.66. The van der Waals surface area contributed by atoms with Crippen molar-refractivity contribution < 1.29 is 23.0 Å². The van der Waals surface area contributed by atoms with Gasteiger partial charge in [-0.05, 0) is 48.7 Å². The van der Waals surface area contributed by atoms with Gasteiger partial charge in [0.1, 0.15) is 10.6 Å². The summed E-state index contributed by atoms with van der Waals surface area (Å²) < 4.78 is 41.7. The second kappa shape index (κ2) is 7.20. The third-order valence-electron chi connectivity index (χ3n) is 3.96. The van der Waals surface area contributed by atoms with Crippen molar-refractivity contribution >= 4 is 21.6 Å². The molecule has 144 valence electrons. The highest BCUT2D eigenvalue weighted by Crippen LogP contribution is 2.36. The van der Waals surface area contributed by atoms with Gasteiger partial charge in [0.05, 0.1) is 5.39 Å². The molecule has 10 heteroatoms. The van der Waals surface area contributed by atoms with E-state index in [1.54, 1.807) is 6.92 Å². The van der Waals surface area contributed by atoms with Crippen LogP contribution in [0.15, 0.2) is 33.9 Å². The number of thiophene rings is 1. The molecule has 3 aromatic rings. The molecule has 27 heavy (non-hydrogen) atoms. The Morgan fingerprint density at radius 1 is 1.22 bits per heavy atom. The van der Waals surface area contributed by atoms with Crippen LogP contribution in [0.4, 0.5) is 13.2 Å². The van der Waals surface area contributed by atoms with Crippen LogP contribution in [0.25, 0.3) is 20.7 Å². The van der Waals surface area contributed by atoms with Gasteiger partial charge in [-0.25, -0.2) is 4.79 Å². The van der Waals surface area contributed by atoms with Crippen LogP contribution in [0.1, 0.15) is 12.0 Å². The first-order chi connectivity index (χ1) is 12.7. The van der Waals surface area contributed by atoms with Gasteiger partial charge in [0, 0.05) is 18.0 Å². The van der Waals surface area contributed by atoms with E-state index < -0.39 is 17.6 Å². The lowest BCUT2D eigenvalue weighted by Gasteiger charge is -2.09. The lowest BCUT2D eigenvalue weighted by molar-refractivity contribution is -0.274. The quantitative estimate of drug-likeness (QED) is 0.690. The molecule has 0 saturated carbocycles. The monoisotopic (exact) mass is 400 g/mol. The summed E-state index contributed by atoms with van der Waals surface area (Å²) in [6, 6.07) is 5.30. The number of fused-ring (bicyclic) bond motifs is 1. The number of ether oxygens (including phenoxy) is 1. The molecule has 2 aromatic heterocycles. The zero-order chi connectivity index (χ0) is 19.8. The lowest BCUT2D eigenvalue weighted by atomic mass is 10.1. The van der Waals surface area contributed by atoms with Gasteiger partial charge >= 0.3 is 12.1 Å². The summed E-state index contributed by atoms with van der Waals surface area (Å²) in [5, 5.41) is 9.27. The van der Waals surface area contributed by atoms with Crippen molar-refractivity contribution in [2.45, 2.75) is 26.3 Å². The average Bonchev–Trinajstić information content (AvgIpc) is 2.90. The minimum absolute atomic E-state index is 0.0920. The number of hydrogen-bond acceptors (Lipinski definition) is 5. The summed E-state index contributed by atoms with van der Waals surface area (Å²) in [4.78, 5) is 28.5. The fourth-order valence-electron chi connectivity index (χ4n) is 2.77. The van der Waals surface area contributed by atoms with Gasteiger partial charge in [0.15, 0.2) is 0 Å². The molecule has 0 aliphatic carbocycles. The maximum absolute atomic E-state index is 12.7. The molecule has 0 spiro atoms. The molecule has 0 atom stereocenters. The number of aliphatic hydroxyl groups excluding tert-OH is 1. The number of H-pyrrole nitrogens is 1. The fraction of sp³-hybridized carbons (Fsp3) is 0.294. The highest BCUT2D eigenvalue weighted by molar-refractivity contribution is 7.22. The molecule has 0 radical (unpaired) electrons. The predicted molar refractivity (Wildman–Crippen MR) is 95.3 cm³/mol.